The van der Waals surface area contributed by atoms with Crippen LogP contribution in [0.1, 0.15) is 12.8 Å². The number of hydrogen-bond donors (Lipinski definition) is 2. The molecular formula is C17H25N5O5. The van der Waals surface area contributed by atoms with Gasteiger partial charge in [-0.3, -0.25) is 18.9 Å². The molecule has 2 fully saturated rings. The van der Waals surface area contributed by atoms with E-state index in [0.717, 1.165) is 57.3 Å². The van der Waals surface area contributed by atoms with Gasteiger partial charge < -0.3 is 19.8 Å². The standard InChI is InChI=1S/C15H21N5O.2CH2O2/c1-18-8-9-19(12-15(18)5-10-21-11-6-15)14-17-16-13-4-2-3-7-20(13)14;2*2-1-3/h2-4,7H,5-6,8-12H2,1H3;2*1H,(H,2,3). The lowest BCUT2D eigenvalue weighted by atomic mass is 9.86. The third-order valence-corrected chi connectivity index (χ3v) is 5.00. The highest BCUT2D eigenvalue weighted by atomic mass is 16.5. The minimum absolute atomic E-state index is 0.219. The number of fused-ring (bicyclic) bond motifs is 1. The third kappa shape index (κ3) is 4.72. The zero-order valence-electron chi connectivity index (χ0n) is 15.3. The first-order valence-corrected chi connectivity index (χ1v) is 8.61. The highest BCUT2D eigenvalue weighted by Gasteiger charge is 2.41. The van der Waals surface area contributed by atoms with Crippen LogP contribution in [-0.4, -0.2) is 88.1 Å². The number of hydrogen-bond acceptors (Lipinski definition) is 7. The van der Waals surface area contributed by atoms with Crippen molar-refractivity contribution in [1.82, 2.24) is 19.5 Å². The topological polar surface area (TPSA) is 121 Å². The zero-order chi connectivity index (χ0) is 19.7. The Kier molecular flexibility index (Phi) is 7.50. The van der Waals surface area contributed by atoms with Crippen molar-refractivity contribution in [3.05, 3.63) is 24.4 Å². The van der Waals surface area contributed by atoms with Crippen molar-refractivity contribution in [2.24, 2.45) is 0 Å². The maximum Gasteiger partial charge on any atom is 0.290 e. The summed E-state index contributed by atoms with van der Waals surface area (Å²) in [5.74, 6) is 0.963. The molecule has 0 amide bonds. The number of pyridine rings is 1. The molecule has 2 saturated heterocycles. The van der Waals surface area contributed by atoms with Gasteiger partial charge in [0.15, 0.2) is 5.65 Å². The van der Waals surface area contributed by atoms with Gasteiger partial charge in [0.05, 0.1) is 0 Å². The van der Waals surface area contributed by atoms with Gasteiger partial charge in [-0.2, -0.15) is 0 Å². The molecule has 2 aliphatic heterocycles. The quantitative estimate of drug-likeness (QED) is 0.680. The lowest BCUT2D eigenvalue weighted by Crippen LogP contribution is -2.63. The molecule has 10 heteroatoms. The van der Waals surface area contributed by atoms with Crippen molar-refractivity contribution in [1.29, 1.82) is 0 Å². The summed E-state index contributed by atoms with van der Waals surface area (Å²) in [7, 11) is 2.24. The summed E-state index contributed by atoms with van der Waals surface area (Å²) in [6.45, 7) is 4.27. The Balaban J connectivity index is 0.000000389. The number of carbonyl (C=O) groups is 2. The highest BCUT2D eigenvalue weighted by Crippen LogP contribution is 2.32. The minimum Gasteiger partial charge on any atom is -0.483 e. The van der Waals surface area contributed by atoms with Crippen LogP contribution in [0.4, 0.5) is 5.95 Å². The van der Waals surface area contributed by atoms with Gasteiger partial charge in [0.1, 0.15) is 0 Å². The fraction of sp³-hybridized carbons (Fsp3) is 0.529. The van der Waals surface area contributed by atoms with Crippen LogP contribution in [0.3, 0.4) is 0 Å². The van der Waals surface area contributed by atoms with Gasteiger partial charge in [-0.1, -0.05) is 6.07 Å². The van der Waals surface area contributed by atoms with E-state index in [-0.39, 0.29) is 18.5 Å². The summed E-state index contributed by atoms with van der Waals surface area (Å²) in [6.07, 6.45) is 4.23. The summed E-state index contributed by atoms with van der Waals surface area (Å²) in [6, 6.07) is 6.02. The lowest BCUT2D eigenvalue weighted by molar-refractivity contribution is -0.123. The monoisotopic (exact) mass is 379 g/mol. The SMILES string of the molecule is CN1CCN(c2nnc3ccccn23)CC12CCOCC2.O=CO.O=CO. The summed E-state index contributed by atoms with van der Waals surface area (Å²) in [5.41, 5.74) is 1.13. The Hall–Kier alpha value is -2.72. The van der Waals surface area contributed by atoms with E-state index >= 15 is 0 Å². The number of rotatable bonds is 1. The molecule has 0 saturated carbocycles. The van der Waals surface area contributed by atoms with E-state index in [1.165, 1.54) is 0 Å². The third-order valence-electron chi connectivity index (χ3n) is 5.00. The summed E-state index contributed by atoms with van der Waals surface area (Å²) >= 11 is 0. The van der Waals surface area contributed by atoms with Crippen molar-refractivity contribution in [3.8, 4) is 0 Å². The molecule has 0 bridgehead atoms. The molecule has 1 spiro atoms. The number of anilines is 1. The molecule has 2 aliphatic rings. The molecule has 0 atom stereocenters. The normalized spacial score (nSPS) is 18.8. The first-order valence-electron chi connectivity index (χ1n) is 8.61. The average Bonchev–Trinajstić information content (AvgIpc) is 3.10. The van der Waals surface area contributed by atoms with Crippen LogP contribution < -0.4 is 4.90 Å². The Bertz CT molecular complexity index is 725. The molecule has 27 heavy (non-hydrogen) atoms. The van der Waals surface area contributed by atoms with Crippen LogP contribution in [0.2, 0.25) is 0 Å². The Labute approximate surface area is 157 Å². The number of carboxylic acid groups (broad SMARTS) is 2. The lowest BCUT2D eigenvalue weighted by Gasteiger charge is -2.51. The molecular weight excluding hydrogens is 354 g/mol. The van der Waals surface area contributed by atoms with Gasteiger partial charge >= 0.3 is 0 Å². The number of ether oxygens (including phenoxy) is 1. The number of nitrogens with zero attached hydrogens (tertiary/aromatic N) is 5. The molecule has 4 heterocycles. The van der Waals surface area contributed by atoms with Gasteiger partial charge in [-0.25, -0.2) is 0 Å². The molecule has 0 radical (unpaired) electrons. The zero-order valence-corrected chi connectivity index (χ0v) is 15.3. The van der Waals surface area contributed by atoms with Crippen LogP contribution in [0.5, 0.6) is 0 Å². The summed E-state index contributed by atoms with van der Waals surface area (Å²) in [4.78, 5) is 21.6. The number of piperazine rings is 1. The fourth-order valence-electron chi connectivity index (χ4n) is 3.57. The highest BCUT2D eigenvalue weighted by molar-refractivity contribution is 5.47. The molecule has 2 aromatic heterocycles. The smallest absolute Gasteiger partial charge is 0.290 e. The summed E-state index contributed by atoms with van der Waals surface area (Å²) in [5, 5.41) is 22.5. The van der Waals surface area contributed by atoms with Gasteiger partial charge in [-0.15, -0.1) is 10.2 Å². The molecule has 0 aromatic carbocycles. The van der Waals surface area contributed by atoms with Gasteiger partial charge in [-0.05, 0) is 32.0 Å². The average molecular weight is 379 g/mol. The van der Waals surface area contributed by atoms with Gasteiger partial charge in [0.2, 0.25) is 5.95 Å². The first kappa shape index (κ1) is 20.6. The molecule has 4 rings (SSSR count). The van der Waals surface area contributed by atoms with E-state index in [4.69, 9.17) is 24.5 Å². The second-order valence-electron chi connectivity index (χ2n) is 6.32. The van der Waals surface area contributed by atoms with Gasteiger partial charge in [0.25, 0.3) is 12.9 Å². The Morgan fingerprint density at radius 3 is 2.44 bits per heavy atom. The molecule has 2 aromatic rings. The largest absolute Gasteiger partial charge is 0.483 e. The van der Waals surface area contributed by atoms with E-state index in [1.54, 1.807) is 0 Å². The van der Waals surface area contributed by atoms with Crippen LogP contribution in [0, 0.1) is 0 Å². The fourth-order valence-corrected chi connectivity index (χ4v) is 3.57. The van der Waals surface area contributed by atoms with E-state index in [2.05, 4.69) is 31.4 Å². The Morgan fingerprint density at radius 2 is 1.78 bits per heavy atom. The number of aromatic nitrogens is 3. The van der Waals surface area contributed by atoms with E-state index in [1.807, 2.05) is 24.4 Å². The predicted molar refractivity (Wildman–Crippen MR) is 98.0 cm³/mol. The van der Waals surface area contributed by atoms with Crippen LogP contribution in [0.25, 0.3) is 5.65 Å². The number of likely N-dealkylation sites (N-methyl/N-ethyl adjacent to an activating group) is 1. The van der Waals surface area contributed by atoms with Crippen molar-refractivity contribution in [3.63, 3.8) is 0 Å². The molecule has 2 N–H and O–H groups in total. The van der Waals surface area contributed by atoms with E-state index in [0.29, 0.717) is 0 Å². The summed E-state index contributed by atoms with van der Waals surface area (Å²) < 4.78 is 7.64. The van der Waals surface area contributed by atoms with Crippen molar-refractivity contribution in [2.75, 3.05) is 44.8 Å². The molecule has 10 nitrogen and oxygen atoms in total. The second kappa shape index (κ2) is 9.83. The predicted octanol–water partition coefficient (Wildman–Crippen LogP) is 0.432. The van der Waals surface area contributed by atoms with Crippen LogP contribution in [-0.2, 0) is 14.3 Å². The minimum atomic E-state index is -0.250. The van der Waals surface area contributed by atoms with E-state index in [9.17, 15) is 0 Å². The van der Waals surface area contributed by atoms with Crippen LogP contribution >= 0.6 is 0 Å². The molecule has 148 valence electrons. The maximum absolute atomic E-state index is 8.36. The van der Waals surface area contributed by atoms with Crippen molar-refractivity contribution >= 4 is 24.5 Å². The Morgan fingerprint density at radius 1 is 1.11 bits per heavy atom. The van der Waals surface area contributed by atoms with E-state index < -0.39 is 0 Å². The first-order chi connectivity index (χ1) is 13.1. The van der Waals surface area contributed by atoms with Crippen molar-refractivity contribution < 1.29 is 24.5 Å². The maximum atomic E-state index is 8.36. The second-order valence-corrected chi connectivity index (χ2v) is 6.32. The van der Waals surface area contributed by atoms with Crippen LogP contribution in [0.15, 0.2) is 24.4 Å². The van der Waals surface area contributed by atoms with Crippen molar-refractivity contribution in [2.45, 2.75) is 18.4 Å². The molecule has 0 aliphatic carbocycles. The molecule has 0 unspecified atom stereocenters. The van der Waals surface area contributed by atoms with Gasteiger partial charge in [0, 0.05) is 44.6 Å².